The number of hydrogen-bond donors (Lipinski definition) is 1. The number of carbonyl (C=O) groups is 3. The lowest BCUT2D eigenvalue weighted by molar-refractivity contribution is -0.133. The summed E-state index contributed by atoms with van der Waals surface area (Å²) in [6.07, 6.45) is 8.80. The number of amides is 2. The maximum absolute atomic E-state index is 15.0. The van der Waals surface area contributed by atoms with E-state index in [-0.39, 0.29) is 40.9 Å². The van der Waals surface area contributed by atoms with Crippen molar-refractivity contribution in [2.24, 2.45) is 17.8 Å². The fourth-order valence-corrected chi connectivity index (χ4v) is 5.46. The second-order valence-corrected chi connectivity index (χ2v) is 10.5. The van der Waals surface area contributed by atoms with Gasteiger partial charge in [-0.05, 0) is 68.1 Å². The Kier molecular flexibility index (Phi) is 7.50. The fourth-order valence-electron chi connectivity index (χ4n) is 5.46. The molecular weight excluding hydrogens is 419 g/mol. The zero-order valence-corrected chi connectivity index (χ0v) is 19.9. The summed E-state index contributed by atoms with van der Waals surface area (Å²) in [5.41, 5.74) is 0.877. The third-order valence-corrected chi connectivity index (χ3v) is 7.73. The molecule has 180 valence electrons. The van der Waals surface area contributed by atoms with Crippen molar-refractivity contribution >= 4 is 17.6 Å². The summed E-state index contributed by atoms with van der Waals surface area (Å²) in [6, 6.07) is 4.31. The molecule has 0 spiro atoms. The third kappa shape index (κ3) is 5.64. The average molecular weight is 457 g/mol. The number of carbonyl (C=O) groups excluding carboxylic acids is 3. The number of benzene rings is 1. The minimum Gasteiger partial charge on any atom is -0.342 e. The van der Waals surface area contributed by atoms with Crippen molar-refractivity contribution in [3.05, 3.63) is 35.1 Å². The average Bonchev–Trinajstić information content (AvgIpc) is 3.67. The van der Waals surface area contributed by atoms with Crippen LogP contribution in [0.1, 0.15) is 93.5 Å². The van der Waals surface area contributed by atoms with Crippen molar-refractivity contribution in [2.75, 3.05) is 13.1 Å². The monoisotopic (exact) mass is 456 g/mol. The van der Waals surface area contributed by atoms with Crippen LogP contribution < -0.4 is 5.32 Å². The van der Waals surface area contributed by atoms with Gasteiger partial charge in [0.25, 0.3) is 5.91 Å². The van der Waals surface area contributed by atoms with Crippen LogP contribution in [0.2, 0.25) is 0 Å². The predicted molar refractivity (Wildman–Crippen MR) is 125 cm³/mol. The number of halogens is 1. The van der Waals surface area contributed by atoms with Crippen LogP contribution in [-0.4, -0.2) is 41.6 Å². The smallest absolute Gasteiger partial charge is 0.254 e. The summed E-state index contributed by atoms with van der Waals surface area (Å²) in [5.74, 6) is -0.371. The molecule has 4 rings (SSSR count). The summed E-state index contributed by atoms with van der Waals surface area (Å²) in [5, 5.41) is 2.89. The van der Waals surface area contributed by atoms with E-state index in [1.165, 1.54) is 6.07 Å². The summed E-state index contributed by atoms with van der Waals surface area (Å²) in [6.45, 7) is 5.13. The van der Waals surface area contributed by atoms with Gasteiger partial charge in [-0.25, -0.2) is 4.39 Å². The standard InChI is InChI=1S/C27H37FN2O3/c1-17(2)25(31)24(19-6-4-3-5-7-19)29-26(32)22-11-10-21(16-23(22)28)18-12-14-30(15-13-18)27(33)20-8-9-20/h10-11,16-20,24H,3-9,12-15H2,1-2H3,(H,29,32)/t24-/m1/s1. The van der Waals surface area contributed by atoms with Crippen LogP contribution in [0, 0.1) is 23.6 Å². The molecule has 2 saturated carbocycles. The molecule has 1 aromatic carbocycles. The SMILES string of the molecule is CC(C)C(=O)[C@H](NC(=O)c1ccc(C2CCN(C(=O)C3CC3)CC2)cc1F)C1CCCCC1. The Hall–Kier alpha value is -2.24. The lowest BCUT2D eigenvalue weighted by Gasteiger charge is -2.32. The first-order valence-corrected chi connectivity index (χ1v) is 12.8. The van der Waals surface area contributed by atoms with Gasteiger partial charge < -0.3 is 10.2 Å². The van der Waals surface area contributed by atoms with Crippen LogP contribution in [-0.2, 0) is 9.59 Å². The third-order valence-electron chi connectivity index (χ3n) is 7.73. The maximum Gasteiger partial charge on any atom is 0.254 e. The minimum absolute atomic E-state index is 0.00235. The van der Waals surface area contributed by atoms with Crippen LogP contribution in [0.5, 0.6) is 0 Å². The first-order chi connectivity index (χ1) is 15.8. The number of rotatable bonds is 7. The Balaban J connectivity index is 1.40. The molecule has 2 amide bonds. The molecule has 1 heterocycles. The van der Waals surface area contributed by atoms with Crippen molar-refractivity contribution < 1.29 is 18.8 Å². The van der Waals surface area contributed by atoms with Crippen molar-refractivity contribution in [1.82, 2.24) is 10.2 Å². The Morgan fingerprint density at radius 3 is 2.21 bits per heavy atom. The molecular formula is C27H37FN2O3. The molecule has 0 aromatic heterocycles. The van der Waals surface area contributed by atoms with Crippen molar-refractivity contribution in [1.29, 1.82) is 0 Å². The van der Waals surface area contributed by atoms with Crippen molar-refractivity contribution in [3.63, 3.8) is 0 Å². The molecule has 6 heteroatoms. The highest BCUT2D eigenvalue weighted by molar-refractivity contribution is 5.98. The number of ketones is 1. The van der Waals surface area contributed by atoms with Gasteiger partial charge in [0, 0.05) is 24.9 Å². The summed E-state index contributed by atoms with van der Waals surface area (Å²) < 4.78 is 15.0. The van der Waals surface area contributed by atoms with Crippen LogP contribution >= 0.6 is 0 Å². The zero-order valence-electron chi connectivity index (χ0n) is 19.9. The fraction of sp³-hybridized carbons (Fsp3) is 0.667. The first kappa shape index (κ1) is 23.9. The molecule has 3 fully saturated rings. The molecule has 0 unspecified atom stereocenters. The normalized spacial score (nSPS) is 21.2. The molecule has 0 radical (unpaired) electrons. The van der Waals surface area contributed by atoms with Crippen LogP contribution in [0.3, 0.4) is 0 Å². The van der Waals surface area contributed by atoms with Gasteiger partial charge in [-0.15, -0.1) is 0 Å². The van der Waals surface area contributed by atoms with Gasteiger partial charge in [0.15, 0.2) is 5.78 Å². The summed E-state index contributed by atoms with van der Waals surface area (Å²) in [4.78, 5) is 40.0. The van der Waals surface area contributed by atoms with E-state index < -0.39 is 17.8 Å². The largest absolute Gasteiger partial charge is 0.342 e. The zero-order chi connectivity index (χ0) is 23.5. The topological polar surface area (TPSA) is 66.5 Å². The second kappa shape index (κ2) is 10.4. The highest BCUT2D eigenvalue weighted by Gasteiger charge is 2.36. The Bertz CT molecular complexity index is 881. The number of piperidine rings is 1. The van der Waals surface area contributed by atoms with E-state index in [0.29, 0.717) is 13.1 Å². The van der Waals surface area contributed by atoms with Gasteiger partial charge in [0.1, 0.15) is 5.82 Å². The minimum atomic E-state index is -0.551. The van der Waals surface area contributed by atoms with Crippen LogP contribution in [0.4, 0.5) is 4.39 Å². The maximum atomic E-state index is 15.0. The van der Waals surface area contributed by atoms with Gasteiger partial charge in [0.2, 0.25) is 5.91 Å². The highest BCUT2D eigenvalue weighted by Crippen LogP contribution is 2.35. The van der Waals surface area contributed by atoms with E-state index in [9.17, 15) is 14.4 Å². The number of Topliss-reactive ketones (excluding diaryl/α,β-unsaturated/α-hetero) is 1. The van der Waals surface area contributed by atoms with Crippen molar-refractivity contribution in [2.45, 2.75) is 83.6 Å². The van der Waals surface area contributed by atoms with Gasteiger partial charge in [-0.2, -0.15) is 0 Å². The van der Waals surface area contributed by atoms with Gasteiger partial charge in [0.05, 0.1) is 11.6 Å². The van der Waals surface area contributed by atoms with E-state index in [2.05, 4.69) is 5.32 Å². The number of likely N-dealkylation sites (tertiary alicyclic amines) is 1. The Morgan fingerprint density at radius 1 is 0.970 bits per heavy atom. The summed E-state index contributed by atoms with van der Waals surface area (Å²) >= 11 is 0. The second-order valence-electron chi connectivity index (χ2n) is 10.5. The van der Waals surface area contributed by atoms with Gasteiger partial charge in [-0.1, -0.05) is 39.2 Å². The van der Waals surface area contributed by atoms with Crippen LogP contribution in [0.15, 0.2) is 18.2 Å². The van der Waals surface area contributed by atoms with Gasteiger partial charge in [-0.3, -0.25) is 14.4 Å². The van der Waals surface area contributed by atoms with E-state index >= 15 is 4.39 Å². The molecule has 3 aliphatic rings. The van der Waals surface area contributed by atoms with Crippen LogP contribution in [0.25, 0.3) is 0 Å². The molecule has 1 N–H and O–H groups in total. The lowest BCUT2D eigenvalue weighted by atomic mass is 9.80. The van der Waals surface area contributed by atoms with E-state index in [1.807, 2.05) is 24.8 Å². The number of hydrogen-bond acceptors (Lipinski definition) is 3. The molecule has 5 nitrogen and oxygen atoms in total. The molecule has 0 bridgehead atoms. The van der Waals surface area contributed by atoms with E-state index in [0.717, 1.165) is 63.4 Å². The molecule has 1 aliphatic heterocycles. The quantitative estimate of drug-likeness (QED) is 0.638. The summed E-state index contributed by atoms with van der Waals surface area (Å²) in [7, 11) is 0. The molecule has 1 atom stereocenters. The first-order valence-electron chi connectivity index (χ1n) is 12.8. The van der Waals surface area contributed by atoms with Gasteiger partial charge >= 0.3 is 0 Å². The van der Waals surface area contributed by atoms with Crippen molar-refractivity contribution in [3.8, 4) is 0 Å². The Labute approximate surface area is 196 Å². The number of nitrogens with zero attached hydrogens (tertiary/aromatic N) is 1. The predicted octanol–water partition coefficient (Wildman–Crippen LogP) is 4.85. The van der Waals surface area contributed by atoms with E-state index in [4.69, 9.17) is 0 Å². The number of nitrogens with one attached hydrogen (secondary N) is 1. The Morgan fingerprint density at radius 2 is 1.64 bits per heavy atom. The lowest BCUT2D eigenvalue weighted by Crippen LogP contribution is -2.48. The van der Waals surface area contributed by atoms with E-state index in [1.54, 1.807) is 6.07 Å². The molecule has 1 aromatic rings. The molecule has 2 aliphatic carbocycles. The highest BCUT2D eigenvalue weighted by atomic mass is 19.1. The molecule has 33 heavy (non-hydrogen) atoms. The molecule has 1 saturated heterocycles.